The lowest BCUT2D eigenvalue weighted by Crippen LogP contribution is -2.14. The summed E-state index contributed by atoms with van der Waals surface area (Å²) >= 11 is 1.31. The molecule has 1 amide bonds. The number of amides is 1. The second kappa shape index (κ2) is 7.89. The van der Waals surface area contributed by atoms with Crippen LogP contribution in [0.1, 0.15) is 6.42 Å². The number of nitrogens with one attached hydrogen (secondary N) is 1. The summed E-state index contributed by atoms with van der Waals surface area (Å²) in [5.74, 6) is 1.33. The van der Waals surface area contributed by atoms with Gasteiger partial charge in [0.25, 0.3) is 5.69 Å². The first kappa shape index (κ1) is 17.1. The first-order chi connectivity index (χ1) is 12.1. The molecule has 8 heteroatoms. The highest BCUT2D eigenvalue weighted by Crippen LogP contribution is 2.32. The largest absolute Gasteiger partial charge is 0.490 e. The van der Waals surface area contributed by atoms with Crippen LogP contribution in [-0.4, -0.2) is 29.8 Å². The number of benzene rings is 2. The maximum absolute atomic E-state index is 12.1. The SMILES string of the molecule is O=C(CSc1ccc([N+](=O)[O-])cc1)Nc1ccc2c(c1)OCCCO2. The van der Waals surface area contributed by atoms with E-state index in [1.54, 1.807) is 30.3 Å². The molecule has 1 aliphatic heterocycles. The number of carbonyl (C=O) groups excluding carboxylic acids is 1. The number of non-ortho nitro benzene ring substituents is 1. The van der Waals surface area contributed by atoms with Crippen LogP contribution in [0.3, 0.4) is 0 Å². The number of fused-ring (bicyclic) bond motifs is 1. The fourth-order valence-corrected chi connectivity index (χ4v) is 2.95. The van der Waals surface area contributed by atoms with Crippen LogP contribution in [-0.2, 0) is 4.79 Å². The van der Waals surface area contributed by atoms with Gasteiger partial charge in [-0.05, 0) is 24.3 Å². The Labute approximate surface area is 148 Å². The van der Waals surface area contributed by atoms with E-state index in [2.05, 4.69) is 5.32 Å². The van der Waals surface area contributed by atoms with Gasteiger partial charge in [-0.25, -0.2) is 0 Å². The normalized spacial score (nSPS) is 13.0. The second-order valence-corrected chi connectivity index (χ2v) is 6.35. The molecule has 130 valence electrons. The molecule has 0 radical (unpaired) electrons. The van der Waals surface area contributed by atoms with Crippen molar-refractivity contribution in [2.24, 2.45) is 0 Å². The van der Waals surface area contributed by atoms with Gasteiger partial charge in [0.1, 0.15) is 0 Å². The molecule has 1 heterocycles. The molecule has 2 aromatic rings. The van der Waals surface area contributed by atoms with Crippen molar-refractivity contribution in [1.82, 2.24) is 0 Å². The molecule has 0 unspecified atom stereocenters. The van der Waals surface area contributed by atoms with Crippen LogP contribution in [0.4, 0.5) is 11.4 Å². The molecule has 1 aliphatic rings. The van der Waals surface area contributed by atoms with Crippen LogP contribution in [0, 0.1) is 10.1 Å². The van der Waals surface area contributed by atoms with Crippen molar-refractivity contribution < 1.29 is 19.2 Å². The smallest absolute Gasteiger partial charge is 0.269 e. The Morgan fingerprint density at radius 1 is 1.12 bits per heavy atom. The molecule has 0 aliphatic carbocycles. The Bertz CT molecular complexity index is 779. The van der Waals surface area contributed by atoms with Crippen LogP contribution < -0.4 is 14.8 Å². The minimum absolute atomic E-state index is 0.0287. The quantitative estimate of drug-likeness (QED) is 0.499. The van der Waals surface area contributed by atoms with Gasteiger partial charge in [-0.1, -0.05) is 0 Å². The van der Waals surface area contributed by atoms with E-state index in [1.165, 1.54) is 23.9 Å². The predicted octanol–water partition coefficient (Wildman–Crippen LogP) is 3.49. The summed E-state index contributed by atoms with van der Waals surface area (Å²) in [5, 5.41) is 13.4. The highest BCUT2D eigenvalue weighted by molar-refractivity contribution is 8.00. The molecule has 0 atom stereocenters. The van der Waals surface area contributed by atoms with Crippen molar-refractivity contribution in [2.45, 2.75) is 11.3 Å². The molecule has 0 bridgehead atoms. The van der Waals surface area contributed by atoms with E-state index >= 15 is 0 Å². The monoisotopic (exact) mass is 360 g/mol. The number of nitrogens with zero attached hydrogens (tertiary/aromatic N) is 1. The molecule has 1 N–H and O–H groups in total. The fourth-order valence-electron chi connectivity index (χ4n) is 2.25. The lowest BCUT2D eigenvalue weighted by molar-refractivity contribution is -0.384. The van der Waals surface area contributed by atoms with Crippen molar-refractivity contribution in [3.8, 4) is 11.5 Å². The molecule has 0 spiro atoms. The Morgan fingerprint density at radius 3 is 2.56 bits per heavy atom. The van der Waals surface area contributed by atoms with Crippen LogP contribution in [0.25, 0.3) is 0 Å². The van der Waals surface area contributed by atoms with Crippen molar-refractivity contribution in [2.75, 3.05) is 24.3 Å². The van der Waals surface area contributed by atoms with Gasteiger partial charge in [0.05, 0.1) is 23.9 Å². The van der Waals surface area contributed by atoms with E-state index in [9.17, 15) is 14.9 Å². The zero-order valence-corrected chi connectivity index (χ0v) is 14.1. The van der Waals surface area contributed by atoms with Gasteiger partial charge >= 0.3 is 0 Å². The molecule has 3 rings (SSSR count). The van der Waals surface area contributed by atoms with E-state index in [0.29, 0.717) is 30.4 Å². The van der Waals surface area contributed by atoms with E-state index in [0.717, 1.165) is 11.3 Å². The van der Waals surface area contributed by atoms with Crippen LogP contribution in [0.2, 0.25) is 0 Å². The van der Waals surface area contributed by atoms with Crippen LogP contribution >= 0.6 is 11.8 Å². The minimum Gasteiger partial charge on any atom is -0.490 e. The molecule has 0 saturated heterocycles. The summed E-state index contributed by atoms with van der Waals surface area (Å²) in [6.07, 6.45) is 0.822. The maximum atomic E-state index is 12.1. The molecule has 2 aromatic carbocycles. The molecular formula is C17H16N2O5S. The number of nitro benzene ring substituents is 1. The third-order valence-electron chi connectivity index (χ3n) is 3.45. The highest BCUT2D eigenvalue weighted by Gasteiger charge is 2.12. The Balaban J connectivity index is 1.55. The van der Waals surface area contributed by atoms with Gasteiger partial charge in [0, 0.05) is 35.2 Å². The second-order valence-electron chi connectivity index (χ2n) is 5.30. The van der Waals surface area contributed by atoms with Crippen molar-refractivity contribution >= 4 is 29.0 Å². The molecule has 0 saturated carbocycles. The molecule has 7 nitrogen and oxygen atoms in total. The summed E-state index contributed by atoms with van der Waals surface area (Å²) in [6, 6.07) is 11.4. The molecule has 0 fully saturated rings. The fraction of sp³-hybridized carbons (Fsp3) is 0.235. The van der Waals surface area contributed by atoms with Gasteiger partial charge in [-0.2, -0.15) is 0 Å². The van der Waals surface area contributed by atoms with Crippen molar-refractivity contribution in [1.29, 1.82) is 0 Å². The summed E-state index contributed by atoms with van der Waals surface area (Å²) < 4.78 is 11.1. The number of rotatable bonds is 5. The van der Waals surface area contributed by atoms with E-state index in [4.69, 9.17) is 9.47 Å². The number of nitro groups is 1. The predicted molar refractivity (Wildman–Crippen MR) is 94.5 cm³/mol. The molecule has 0 aromatic heterocycles. The van der Waals surface area contributed by atoms with Crippen LogP contribution in [0.15, 0.2) is 47.4 Å². The Hall–Kier alpha value is -2.74. The Morgan fingerprint density at radius 2 is 1.84 bits per heavy atom. The zero-order valence-electron chi connectivity index (χ0n) is 13.3. The number of ether oxygens (including phenoxy) is 2. The van der Waals surface area contributed by atoms with E-state index < -0.39 is 4.92 Å². The van der Waals surface area contributed by atoms with Gasteiger partial charge in [0.2, 0.25) is 5.91 Å². The van der Waals surface area contributed by atoms with Gasteiger partial charge < -0.3 is 14.8 Å². The lowest BCUT2D eigenvalue weighted by Gasteiger charge is -2.10. The summed E-state index contributed by atoms with van der Waals surface area (Å²) in [6.45, 7) is 1.20. The third kappa shape index (κ3) is 4.63. The number of hydrogen-bond donors (Lipinski definition) is 1. The Kier molecular flexibility index (Phi) is 5.39. The number of thioether (sulfide) groups is 1. The van der Waals surface area contributed by atoms with Gasteiger partial charge in [-0.15, -0.1) is 11.8 Å². The number of anilines is 1. The average Bonchev–Trinajstić information content (AvgIpc) is 2.85. The topological polar surface area (TPSA) is 90.7 Å². The standard InChI is InChI=1S/C17H16N2O5S/c20-17(11-25-14-5-3-13(4-6-14)19(21)22)18-12-2-7-15-16(10-12)24-9-1-8-23-15/h2-7,10H,1,8-9,11H2,(H,18,20). The first-order valence-electron chi connectivity index (χ1n) is 7.68. The van der Waals surface area contributed by atoms with E-state index in [1.807, 2.05) is 0 Å². The van der Waals surface area contributed by atoms with Crippen molar-refractivity contribution in [3.05, 3.63) is 52.6 Å². The van der Waals surface area contributed by atoms with Crippen molar-refractivity contribution in [3.63, 3.8) is 0 Å². The summed E-state index contributed by atoms with van der Waals surface area (Å²) in [7, 11) is 0. The minimum atomic E-state index is -0.453. The zero-order chi connectivity index (χ0) is 17.6. The molecule has 25 heavy (non-hydrogen) atoms. The third-order valence-corrected chi connectivity index (χ3v) is 4.46. The molecular weight excluding hydrogens is 344 g/mol. The average molecular weight is 360 g/mol. The van der Waals surface area contributed by atoms with E-state index in [-0.39, 0.29) is 17.3 Å². The number of carbonyl (C=O) groups is 1. The maximum Gasteiger partial charge on any atom is 0.269 e. The van der Waals surface area contributed by atoms with Crippen LogP contribution in [0.5, 0.6) is 11.5 Å². The lowest BCUT2D eigenvalue weighted by atomic mass is 10.2. The summed E-state index contributed by atoms with van der Waals surface area (Å²) in [5.41, 5.74) is 0.666. The highest BCUT2D eigenvalue weighted by atomic mass is 32.2. The summed E-state index contributed by atoms with van der Waals surface area (Å²) in [4.78, 5) is 23.0. The van der Waals surface area contributed by atoms with Gasteiger partial charge in [0.15, 0.2) is 11.5 Å². The number of hydrogen-bond acceptors (Lipinski definition) is 6. The first-order valence-corrected chi connectivity index (χ1v) is 8.67. The van der Waals surface area contributed by atoms with Gasteiger partial charge in [-0.3, -0.25) is 14.9 Å².